The summed E-state index contributed by atoms with van der Waals surface area (Å²) in [4.78, 5) is 38.4. The van der Waals surface area contributed by atoms with Gasteiger partial charge in [-0.05, 0) is 38.7 Å². The molecule has 1 aliphatic carbocycles. The van der Waals surface area contributed by atoms with Gasteiger partial charge in [0.15, 0.2) is 0 Å². The lowest BCUT2D eigenvalue weighted by atomic mass is 9.87. The molecular weight excluding hydrogens is 328 g/mol. The maximum atomic E-state index is 11.5. The van der Waals surface area contributed by atoms with E-state index in [1.165, 1.54) is 7.11 Å². The highest BCUT2D eigenvalue weighted by Crippen LogP contribution is 2.28. The van der Waals surface area contributed by atoms with E-state index in [0.717, 1.165) is 25.7 Å². The highest BCUT2D eigenvalue weighted by atomic mass is 16.5. The molecule has 0 unspecified atom stereocenters. The lowest BCUT2D eigenvalue weighted by Gasteiger charge is -2.27. The van der Waals surface area contributed by atoms with Crippen LogP contribution in [0.1, 0.15) is 31.4 Å². The lowest BCUT2D eigenvalue weighted by Crippen LogP contribution is -2.39. The molecule has 9 nitrogen and oxygen atoms in total. The topological polar surface area (TPSA) is 133 Å². The lowest BCUT2D eigenvalue weighted by molar-refractivity contribution is -0.147. The van der Waals surface area contributed by atoms with Crippen molar-refractivity contribution >= 4 is 23.5 Å². The number of aryl methyl sites for hydroxylation is 1. The Hall–Kier alpha value is -2.68. The number of methoxy groups -OCH3 is 1. The van der Waals surface area contributed by atoms with Crippen molar-refractivity contribution in [2.75, 3.05) is 12.4 Å². The van der Waals surface area contributed by atoms with Crippen molar-refractivity contribution < 1.29 is 23.9 Å². The summed E-state index contributed by atoms with van der Waals surface area (Å²) in [6.07, 6.45) is 2.92. The van der Waals surface area contributed by atoms with Gasteiger partial charge >= 0.3 is 17.8 Å². The summed E-state index contributed by atoms with van der Waals surface area (Å²) < 4.78 is 10.6. The number of rotatable bonds is 4. The van der Waals surface area contributed by atoms with E-state index in [-0.39, 0.29) is 18.0 Å². The molecule has 1 aliphatic rings. The number of hydrogen-bond acceptors (Lipinski definition) is 7. The Balaban J connectivity index is 1.92. The summed E-state index contributed by atoms with van der Waals surface area (Å²) in [5.41, 5.74) is 2.67. The fraction of sp³-hybridized carbons (Fsp3) is 0.500. The Kier molecular flexibility index (Phi) is 6.29. The maximum absolute atomic E-state index is 11.5. The minimum absolute atomic E-state index is 0.0173. The summed E-state index contributed by atoms with van der Waals surface area (Å²) in [5.74, 6) is 3.28. The van der Waals surface area contributed by atoms with Crippen LogP contribution < -0.4 is 21.3 Å². The molecule has 136 valence electrons. The van der Waals surface area contributed by atoms with Crippen LogP contribution in [0.15, 0.2) is 12.1 Å². The van der Waals surface area contributed by atoms with Gasteiger partial charge in [-0.3, -0.25) is 19.8 Å². The van der Waals surface area contributed by atoms with Crippen molar-refractivity contribution in [3.63, 3.8) is 0 Å². The number of nitrogens with one attached hydrogen (secondary N) is 2. The monoisotopic (exact) mass is 350 g/mol. The Morgan fingerprint density at radius 1 is 1.16 bits per heavy atom. The summed E-state index contributed by atoms with van der Waals surface area (Å²) in [7, 11) is 1.40. The van der Waals surface area contributed by atoms with E-state index in [0.29, 0.717) is 17.3 Å². The van der Waals surface area contributed by atoms with Gasteiger partial charge in [0, 0.05) is 6.07 Å². The smallest absolute Gasteiger partial charge is 0.323 e. The van der Waals surface area contributed by atoms with Crippen molar-refractivity contribution in [2.24, 2.45) is 11.8 Å². The van der Waals surface area contributed by atoms with Gasteiger partial charge in [0.2, 0.25) is 5.88 Å². The minimum atomic E-state index is -0.943. The average molecular weight is 350 g/mol. The first-order chi connectivity index (χ1) is 11.9. The Bertz CT molecular complexity index is 656. The second kappa shape index (κ2) is 8.43. The van der Waals surface area contributed by atoms with E-state index in [9.17, 15) is 14.4 Å². The number of carbonyl (C=O) groups is 3. The third-order valence-electron chi connectivity index (χ3n) is 4.14. The zero-order chi connectivity index (χ0) is 18.4. The Morgan fingerprint density at radius 2 is 1.84 bits per heavy atom. The number of hydrazine groups is 1. The van der Waals surface area contributed by atoms with Crippen molar-refractivity contribution in [3.05, 3.63) is 17.8 Å². The van der Waals surface area contributed by atoms with Crippen LogP contribution in [0.4, 0.5) is 5.69 Å². The SMILES string of the molecule is COC(=O)[C@H]1CC[C@H](Oc2ccc(NC(=O)C(=O)NN)c(C)n2)CC1. The first-order valence-corrected chi connectivity index (χ1v) is 7.98. The number of esters is 1. The van der Waals surface area contributed by atoms with Gasteiger partial charge < -0.3 is 14.8 Å². The molecule has 4 N–H and O–H groups in total. The summed E-state index contributed by atoms with van der Waals surface area (Å²) in [6, 6.07) is 3.23. The van der Waals surface area contributed by atoms with E-state index in [4.69, 9.17) is 15.3 Å². The first kappa shape index (κ1) is 18.7. The van der Waals surface area contributed by atoms with Crippen molar-refractivity contribution in [2.45, 2.75) is 38.7 Å². The molecule has 0 atom stereocenters. The number of anilines is 1. The summed E-state index contributed by atoms with van der Waals surface area (Å²) in [6.45, 7) is 1.69. The number of ether oxygens (including phenoxy) is 2. The second-order valence-electron chi connectivity index (χ2n) is 5.82. The molecule has 9 heteroatoms. The van der Waals surface area contributed by atoms with Crippen LogP contribution in [0, 0.1) is 12.8 Å². The summed E-state index contributed by atoms with van der Waals surface area (Å²) in [5, 5.41) is 2.42. The molecule has 0 aliphatic heterocycles. The van der Waals surface area contributed by atoms with Gasteiger partial charge in [0.1, 0.15) is 6.10 Å². The Morgan fingerprint density at radius 3 is 2.40 bits per heavy atom. The van der Waals surface area contributed by atoms with Crippen LogP contribution in [-0.4, -0.2) is 36.0 Å². The molecule has 1 saturated carbocycles. The zero-order valence-corrected chi connectivity index (χ0v) is 14.2. The highest BCUT2D eigenvalue weighted by Gasteiger charge is 2.28. The van der Waals surface area contributed by atoms with Crippen molar-refractivity contribution in [3.8, 4) is 5.88 Å². The fourth-order valence-corrected chi connectivity index (χ4v) is 2.73. The van der Waals surface area contributed by atoms with E-state index in [1.807, 2.05) is 0 Å². The molecule has 0 aromatic carbocycles. The quantitative estimate of drug-likeness (QED) is 0.236. The van der Waals surface area contributed by atoms with Gasteiger partial charge in [0.25, 0.3) is 0 Å². The van der Waals surface area contributed by atoms with E-state index in [2.05, 4.69) is 10.3 Å². The third-order valence-corrected chi connectivity index (χ3v) is 4.14. The van der Waals surface area contributed by atoms with E-state index in [1.54, 1.807) is 24.5 Å². The molecule has 0 radical (unpaired) electrons. The molecular formula is C16H22N4O5. The van der Waals surface area contributed by atoms with Crippen LogP contribution in [0.2, 0.25) is 0 Å². The second-order valence-corrected chi connectivity index (χ2v) is 5.82. The van der Waals surface area contributed by atoms with Crippen LogP contribution in [0.3, 0.4) is 0 Å². The average Bonchev–Trinajstić information content (AvgIpc) is 2.63. The normalized spacial score (nSPS) is 19.6. The molecule has 25 heavy (non-hydrogen) atoms. The number of hydrogen-bond donors (Lipinski definition) is 3. The van der Waals surface area contributed by atoms with Gasteiger partial charge in [-0.2, -0.15) is 0 Å². The van der Waals surface area contributed by atoms with Crippen LogP contribution in [-0.2, 0) is 19.1 Å². The number of carbonyl (C=O) groups excluding carboxylic acids is 3. The zero-order valence-electron chi connectivity index (χ0n) is 14.2. The predicted octanol–water partition coefficient (Wildman–Crippen LogP) is 0.429. The molecule has 0 saturated heterocycles. The van der Waals surface area contributed by atoms with Crippen molar-refractivity contribution in [1.82, 2.24) is 10.4 Å². The largest absolute Gasteiger partial charge is 0.474 e. The van der Waals surface area contributed by atoms with Crippen LogP contribution in [0.25, 0.3) is 0 Å². The van der Waals surface area contributed by atoms with Gasteiger partial charge in [-0.25, -0.2) is 10.8 Å². The van der Waals surface area contributed by atoms with E-state index >= 15 is 0 Å². The molecule has 1 aromatic rings. The number of aromatic nitrogens is 1. The standard InChI is InChI=1S/C16H22N4O5/c1-9-12(19-14(21)15(22)20-17)7-8-13(18-9)25-11-5-3-10(4-6-11)16(23)24-2/h7-8,10-11H,3-6,17H2,1-2H3,(H,19,21)(H,20,22)/t10-,11-. The summed E-state index contributed by atoms with van der Waals surface area (Å²) >= 11 is 0. The molecule has 2 rings (SSSR count). The fourth-order valence-electron chi connectivity index (χ4n) is 2.73. The Labute approximate surface area is 145 Å². The van der Waals surface area contributed by atoms with Gasteiger partial charge in [0.05, 0.1) is 24.4 Å². The van der Waals surface area contributed by atoms with Crippen molar-refractivity contribution in [1.29, 1.82) is 0 Å². The molecule has 0 bridgehead atoms. The third kappa shape index (κ3) is 4.90. The molecule has 0 spiro atoms. The number of nitrogens with zero attached hydrogens (tertiary/aromatic N) is 1. The molecule has 1 aromatic heterocycles. The number of nitrogens with two attached hydrogens (primary N) is 1. The van der Waals surface area contributed by atoms with Gasteiger partial charge in [-0.15, -0.1) is 0 Å². The molecule has 1 heterocycles. The van der Waals surface area contributed by atoms with Gasteiger partial charge in [-0.1, -0.05) is 0 Å². The minimum Gasteiger partial charge on any atom is -0.474 e. The highest BCUT2D eigenvalue weighted by molar-refractivity contribution is 6.39. The predicted molar refractivity (Wildman–Crippen MR) is 88.3 cm³/mol. The van der Waals surface area contributed by atoms with E-state index < -0.39 is 11.8 Å². The molecule has 2 amide bonds. The number of amides is 2. The number of pyridine rings is 1. The molecule has 1 fully saturated rings. The first-order valence-electron chi connectivity index (χ1n) is 7.98. The van der Waals surface area contributed by atoms with Crippen LogP contribution in [0.5, 0.6) is 5.88 Å². The van der Waals surface area contributed by atoms with Crippen LogP contribution >= 0.6 is 0 Å². The maximum Gasteiger partial charge on any atom is 0.323 e.